The van der Waals surface area contributed by atoms with Gasteiger partial charge in [-0.3, -0.25) is 0 Å². The van der Waals surface area contributed by atoms with Gasteiger partial charge in [0, 0.05) is 5.88 Å². The van der Waals surface area contributed by atoms with Crippen LogP contribution in [0.2, 0.25) is 0 Å². The number of rotatable bonds is 2. The van der Waals surface area contributed by atoms with E-state index in [1.54, 1.807) is 6.07 Å². The van der Waals surface area contributed by atoms with Gasteiger partial charge in [-0.15, -0.1) is 11.6 Å². The van der Waals surface area contributed by atoms with Crippen molar-refractivity contribution in [3.05, 3.63) is 35.4 Å². The highest BCUT2D eigenvalue weighted by Gasteiger charge is 2.37. The normalized spacial score (nSPS) is 26.1. The summed E-state index contributed by atoms with van der Waals surface area (Å²) in [5.74, 6) is -0.160. The molecule has 1 fully saturated rings. The molecule has 1 aromatic carbocycles. The van der Waals surface area contributed by atoms with Crippen molar-refractivity contribution in [3.8, 4) is 0 Å². The van der Waals surface area contributed by atoms with Crippen molar-refractivity contribution in [2.75, 3.05) is 5.88 Å². The molecule has 70 valence electrons. The molecule has 0 aliphatic heterocycles. The Hall–Kier alpha value is -0.630. The van der Waals surface area contributed by atoms with Gasteiger partial charge < -0.3 is 0 Å². The summed E-state index contributed by atoms with van der Waals surface area (Å²) in [5.41, 5.74) is 0.865. The second-order valence-corrected chi connectivity index (χ2v) is 3.74. The zero-order valence-electron chi connectivity index (χ0n) is 6.93. The van der Waals surface area contributed by atoms with Crippen molar-refractivity contribution in [3.63, 3.8) is 0 Å². The fourth-order valence-corrected chi connectivity index (χ4v) is 1.91. The SMILES string of the molecule is Fc1ccc(C2CC2CCl)cc1F. The first-order chi connectivity index (χ1) is 6.22. The predicted molar refractivity (Wildman–Crippen MR) is 47.9 cm³/mol. The molecule has 13 heavy (non-hydrogen) atoms. The summed E-state index contributed by atoms with van der Waals surface area (Å²) in [5, 5.41) is 0. The third-order valence-electron chi connectivity index (χ3n) is 2.49. The van der Waals surface area contributed by atoms with Gasteiger partial charge in [0.1, 0.15) is 0 Å². The lowest BCUT2D eigenvalue weighted by Gasteiger charge is -1.99. The monoisotopic (exact) mass is 202 g/mol. The molecule has 1 aliphatic carbocycles. The maximum atomic E-state index is 12.8. The lowest BCUT2D eigenvalue weighted by atomic mass is 10.1. The quantitative estimate of drug-likeness (QED) is 0.646. The molecule has 2 atom stereocenters. The molecule has 0 radical (unpaired) electrons. The van der Waals surface area contributed by atoms with E-state index in [0.29, 0.717) is 17.7 Å². The molecule has 1 aromatic rings. The average molecular weight is 203 g/mol. The summed E-state index contributed by atoms with van der Waals surface area (Å²) >= 11 is 5.65. The van der Waals surface area contributed by atoms with E-state index < -0.39 is 11.6 Å². The van der Waals surface area contributed by atoms with Crippen LogP contribution < -0.4 is 0 Å². The maximum absolute atomic E-state index is 12.8. The fraction of sp³-hybridized carbons (Fsp3) is 0.400. The first-order valence-corrected chi connectivity index (χ1v) is 4.76. The standard InChI is InChI=1S/C10H9ClF2/c11-5-7-3-8(7)6-1-2-9(12)10(13)4-6/h1-2,4,7-8H,3,5H2. The summed E-state index contributed by atoms with van der Waals surface area (Å²) in [7, 11) is 0. The number of halogens is 3. The highest BCUT2D eigenvalue weighted by Crippen LogP contribution is 2.48. The van der Waals surface area contributed by atoms with E-state index in [4.69, 9.17) is 11.6 Å². The number of hydrogen-bond donors (Lipinski definition) is 0. The molecule has 0 bridgehead atoms. The van der Waals surface area contributed by atoms with Crippen LogP contribution in [0.3, 0.4) is 0 Å². The molecule has 0 spiro atoms. The molecule has 3 heteroatoms. The van der Waals surface area contributed by atoms with E-state index >= 15 is 0 Å². The maximum Gasteiger partial charge on any atom is 0.159 e. The number of alkyl halides is 1. The minimum atomic E-state index is -0.785. The largest absolute Gasteiger partial charge is 0.204 e. The first kappa shape index (κ1) is 8.95. The van der Waals surface area contributed by atoms with Crippen molar-refractivity contribution < 1.29 is 8.78 Å². The molecule has 1 aliphatic rings. The third-order valence-corrected chi connectivity index (χ3v) is 2.89. The van der Waals surface area contributed by atoms with E-state index in [2.05, 4.69) is 0 Å². The Kier molecular flexibility index (Phi) is 2.24. The zero-order chi connectivity index (χ0) is 9.42. The van der Waals surface area contributed by atoms with Crippen molar-refractivity contribution in [2.45, 2.75) is 12.3 Å². The van der Waals surface area contributed by atoms with Gasteiger partial charge in [-0.2, -0.15) is 0 Å². The molecule has 2 unspecified atom stereocenters. The van der Waals surface area contributed by atoms with Crippen LogP contribution in [0.15, 0.2) is 18.2 Å². The topological polar surface area (TPSA) is 0 Å². The van der Waals surface area contributed by atoms with Crippen LogP contribution in [0.5, 0.6) is 0 Å². The minimum absolute atomic E-state index is 0.340. The third kappa shape index (κ3) is 1.68. The van der Waals surface area contributed by atoms with Gasteiger partial charge in [0.2, 0.25) is 0 Å². The molecule has 1 saturated carbocycles. The van der Waals surface area contributed by atoms with Gasteiger partial charge in [0.05, 0.1) is 0 Å². The van der Waals surface area contributed by atoms with E-state index in [1.807, 2.05) is 0 Å². The highest BCUT2D eigenvalue weighted by atomic mass is 35.5. The van der Waals surface area contributed by atoms with Crippen LogP contribution in [0.4, 0.5) is 8.78 Å². The summed E-state index contributed by atoms with van der Waals surface area (Å²) in [6.45, 7) is 0. The summed E-state index contributed by atoms with van der Waals surface area (Å²) in [6, 6.07) is 4.08. The highest BCUT2D eigenvalue weighted by molar-refractivity contribution is 6.18. The molecule has 2 rings (SSSR count). The molecule has 0 amide bonds. The lowest BCUT2D eigenvalue weighted by Crippen LogP contribution is -1.89. The van der Waals surface area contributed by atoms with E-state index in [-0.39, 0.29) is 0 Å². The second kappa shape index (κ2) is 3.26. The Labute approximate surface area is 80.5 Å². The van der Waals surface area contributed by atoms with Crippen LogP contribution in [0.1, 0.15) is 17.9 Å². The molecular formula is C10H9ClF2. The number of benzene rings is 1. The van der Waals surface area contributed by atoms with E-state index in [1.165, 1.54) is 12.1 Å². The van der Waals surface area contributed by atoms with Crippen LogP contribution in [0, 0.1) is 17.6 Å². The van der Waals surface area contributed by atoms with Gasteiger partial charge in [0.15, 0.2) is 11.6 Å². The Balaban J connectivity index is 2.19. The van der Waals surface area contributed by atoms with Crippen LogP contribution in [-0.4, -0.2) is 5.88 Å². The van der Waals surface area contributed by atoms with Gasteiger partial charge in [-0.1, -0.05) is 6.07 Å². The predicted octanol–water partition coefficient (Wildman–Crippen LogP) is 3.31. The zero-order valence-corrected chi connectivity index (χ0v) is 7.69. The van der Waals surface area contributed by atoms with Crippen molar-refractivity contribution in [1.82, 2.24) is 0 Å². The van der Waals surface area contributed by atoms with Gasteiger partial charge >= 0.3 is 0 Å². The molecule has 0 N–H and O–H groups in total. The van der Waals surface area contributed by atoms with E-state index in [0.717, 1.165) is 12.0 Å². The molecule has 0 saturated heterocycles. The van der Waals surface area contributed by atoms with Crippen LogP contribution in [0.25, 0.3) is 0 Å². The molecule has 0 heterocycles. The Morgan fingerprint density at radius 2 is 2.08 bits per heavy atom. The summed E-state index contributed by atoms with van der Waals surface area (Å²) in [4.78, 5) is 0. The molecular weight excluding hydrogens is 194 g/mol. The summed E-state index contributed by atoms with van der Waals surface area (Å²) in [6.07, 6.45) is 0.995. The Morgan fingerprint density at radius 1 is 1.31 bits per heavy atom. The van der Waals surface area contributed by atoms with Crippen molar-refractivity contribution in [1.29, 1.82) is 0 Å². The summed E-state index contributed by atoms with van der Waals surface area (Å²) < 4.78 is 25.4. The van der Waals surface area contributed by atoms with Crippen LogP contribution >= 0.6 is 11.6 Å². The van der Waals surface area contributed by atoms with Gasteiger partial charge in [-0.05, 0) is 36.0 Å². The Morgan fingerprint density at radius 3 is 2.62 bits per heavy atom. The van der Waals surface area contributed by atoms with Gasteiger partial charge in [0.25, 0.3) is 0 Å². The van der Waals surface area contributed by atoms with Crippen LogP contribution in [-0.2, 0) is 0 Å². The average Bonchev–Trinajstić information content (AvgIpc) is 2.88. The lowest BCUT2D eigenvalue weighted by molar-refractivity contribution is 0.507. The minimum Gasteiger partial charge on any atom is -0.204 e. The Bertz CT molecular complexity index is 325. The van der Waals surface area contributed by atoms with E-state index in [9.17, 15) is 8.78 Å². The molecule has 0 nitrogen and oxygen atoms in total. The fourth-order valence-electron chi connectivity index (χ4n) is 1.57. The second-order valence-electron chi connectivity index (χ2n) is 3.43. The van der Waals surface area contributed by atoms with Crippen molar-refractivity contribution >= 4 is 11.6 Å². The van der Waals surface area contributed by atoms with Crippen molar-refractivity contribution in [2.24, 2.45) is 5.92 Å². The van der Waals surface area contributed by atoms with Gasteiger partial charge in [-0.25, -0.2) is 8.78 Å². The first-order valence-electron chi connectivity index (χ1n) is 4.23. The number of hydrogen-bond acceptors (Lipinski definition) is 0. The smallest absolute Gasteiger partial charge is 0.159 e. The molecule has 0 aromatic heterocycles.